The third-order valence-electron chi connectivity index (χ3n) is 3.43. The van der Waals surface area contributed by atoms with Gasteiger partial charge >= 0.3 is 0 Å². The minimum absolute atomic E-state index is 0.102. The third-order valence-corrected chi connectivity index (χ3v) is 3.67. The number of aliphatic hydroxyl groups excluding tert-OH is 1. The van der Waals surface area contributed by atoms with Crippen molar-refractivity contribution in [2.24, 2.45) is 0 Å². The lowest BCUT2D eigenvalue weighted by Crippen LogP contribution is -2.38. The van der Waals surface area contributed by atoms with Gasteiger partial charge < -0.3 is 14.7 Å². The van der Waals surface area contributed by atoms with Crippen molar-refractivity contribution in [1.82, 2.24) is 0 Å². The molecule has 0 aromatic heterocycles. The molecule has 2 rings (SSSR count). The Morgan fingerprint density at radius 2 is 2.00 bits per heavy atom. The largest absolute Gasteiger partial charge is 0.395 e. The number of hydrogen-bond donors (Lipinski definition) is 1. The molecule has 1 heterocycles. The molecular formula is C14H20ClNO2. The van der Waals surface area contributed by atoms with Crippen LogP contribution in [0.3, 0.4) is 0 Å². The van der Waals surface area contributed by atoms with E-state index in [1.165, 1.54) is 0 Å². The molecule has 3 nitrogen and oxygen atoms in total. The highest BCUT2D eigenvalue weighted by Gasteiger charge is 2.26. The van der Waals surface area contributed by atoms with E-state index in [-0.39, 0.29) is 12.0 Å². The van der Waals surface area contributed by atoms with Crippen molar-refractivity contribution in [1.29, 1.82) is 0 Å². The summed E-state index contributed by atoms with van der Waals surface area (Å²) in [6, 6.07) is 5.91. The second-order valence-electron chi connectivity index (χ2n) is 5.30. The Morgan fingerprint density at radius 3 is 2.61 bits per heavy atom. The molecule has 0 radical (unpaired) electrons. The molecule has 1 aliphatic rings. The molecule has 0 unspecified atom stereocenters. The second kappa shape index (κ2) is 5.47. The van der Waals surface area contributed by atoms with Crippen LogP contribution in [0.15, 0.2) is 18.2 Å². The summed E-state index contributed by atoms with van der Waals surface area (Å²) in [4.78, 5) is 2.30. The van der Waals surface area contributed by atoms with Gasteiger partial charge in [-0.2, -0.15) is 0 Å². The Morgan fingerprint density at radius 1 is 1.33 bits per heavy atom. The van der Waals surface area contributed by atoms with Gasteiger partial charge in [-0.15, -0.1) is 0 Å². The minimum Gasteiger partial charge on any atom is -0.395 e. The fraction of sp³-hybridized carbons (Fsp3) is 0.571. The van der Waals surface area contributed by atoms with Gasteiger partial charge in [0, 0.05) is 29.2 Å². The first-order valence-corrected chi connectivity index (χ1v) is 6.66. The molecule has 1 aromatic carbocycles. The summed E-state index contributed by atoms with van der Waals surface area (Å²) in [7, 11) is 0. The van der Waals surface area contributed by atoms with Crippen LogP contribution in [-0.2, 0) is 10.2 Å². The molecule has 0 amide bonds. The van der Waals surface area contributed by atoms with Crippen LogP contribution in [0.25, 0.3) is 0 Å². The van der Waals surface area contributed by atoms with E-state index in [0.29, 0.717) is 5.02 Å². The highest BCUT2D eigenvalue weighted by atomic mass is 35.5. The average Bonchev–Trinajstić information content (AvgIpc) is 2.39. The number of ether oxygens (including phenoxy) is 1. The van der Waals surface area contributed by atoms with E-state index >= 15 is 0 Å². The maximum atomic E-state index is 9.57. The molecular weight excluding hydrogens is 250 g/mol. The third kappa shape index (κ3) is 2.79. The lowest BCUT2D eigenvalue weighted by molar-refractivity contribution is 0.122. The Balaban J connectivity index is 2.39. The number of aliphatic hydroxyl groups is 1. The summed E-state index contributed by atoms with van der Waals surface area (Å²) in [6.45, 7) is 7.44. The number of halogens is 1. The summed E-state index contributed by atoms with van der Waals surface area (Å²) in [6.07, 6.45) is 0. The lowest BCUT2D eigenvalue weighted by atomic mass is 9.84. The number of hydrogen-bond acceptors (Lipinski definition) is 3. The molecule has 18 heavy (non-hydrogen) atoms. The smallest absolute Gasteiger partial charge is 0.0642 e. The molecule has 100 valence electrons. The zero-order valence-corrected chi connectivity index (χ0v) is 11.7. The summed E-state index contributed by atoms with van der Waals surface area (Å²) >= 11 is 6.09. The Kier molecular flexibility index (Phi) is 4.15. The summed E-state index contributed by atoms with van der Waals surface area (Å²) in [5, 5.41) is 10.3. The zero-order valence-electron chi connectivity index (χ0n) is 10.9. The quantitative estimate of drug-likeness (QED) is 0.915. The SMILES string of the molecule is CC(C)(CO)c1cc(Cl)ccc1N1CCOCC1. The van der Waals surface area contributed by atoms with Crippen molar-refractivity contribution in [3.8, 4) is 0 Å². The summed E-state index contributed by atoms with van der Waals surface area (Å²) in [5.41, 5.74) is 1.96. The van der Waals surface area contributed by atoms with Crippen LogP contribution in [0.4, 0.5) is 5.69 Å². The van der Waals surface area contributed by atoms with Gasteiger partial charge in [0.2, 0.25) is 0 Å². The molecule has 0 spiro atoms. The van der Waals surface area contributed by atoms with Crippen molar-refractivity contribution in [2.75, 3.05) is 37.8 Å². The van der Waals surface area contributed by atoms with Crippen LogP contribution in [0, 0.1) is 0 Å². The molecule has 0 bridgehead atoms. The maximum absolute atomic E-state index is 9.57. The Labute approximate surface area is 113 Å². The van der Waals surface area contributed by atoms with Crippen molar-refractivity contribution in [3.63, 3.8) is 0 Å². The molecule has 1 saturated heterocycles. The van der Waals surface area contributed by atoms with Crippen LogP contribution >= 0.6 is 11.6 Å². The van der Waals surface area contributed by atoms with Gasteiger partial charge in [-0.25, -0.2) is 0 Å². The number of benzene rings is 1. The minimum atomic E-state index is -0.293. The van der Waals surface area contributed by atoms with E-state index in [1.54, 1.807) is 0 Å². The standard InChI is InChI=1S/C14H20ClNO2/c1-14(2,10-17)12-9-11(15)3-4-13(12)16-5-7-18-8-6-16/h3-4,9,17H,5-8,10H2,1-2H3. The van der Waals surface area contributed by atoms with Gasteiger partial charge in [-0.3, -0.25) is 0 Å². The highest BCUT2D eigenvalue weighted by molar-refractivity contribution is 6.30. The van der Waals surface area contributed by atoms with Crippen LogP contribution in [0.1, 0.15) is 19.4 Å². The summed E-state index contributed by atoms with van der Waals surface area (Å²) in [5.74, 6) is 0. The predicted octanol–water partition coefficient (Wildman–Crippen LogP) is 2.45. The molecule has 1 N–H and O–H groups in total. The van der Waals surface area contributed by atoms with Crippen LogP contribution in [0.5, 0.6) is 0 Å². The molecule has 0 aliphatic carbocycles. The lowest BCUT2D eigenvalue weighted by Gasteiger charge is -2.34. The van der Waals surface area contributed by atoms with Crippen molar-refractivity contribution in [2.45, 2.75) is 19.3 Å². The molecule has 4 heteroatoms. The first kappa shape index (κ1) is 13.7. The van der Waals surface area contributed by atoms with Crippen molar-refractivity contribution >= 4 is 17.3 Å². The van der Waals surface area contributed by atoms with Gasteiger partial charge in [0.15, 0.2) is 0 Å². The van der Waals surface area contributed by atoms with Crippen LogP contribution in [-0.4, -0.2) is 38.0 Å². The van der Waals surface area contributed by atoms with Gasteiger partial charge in [0.25, 0.3) is 0 Å². The molecule has 1 aromatic rings. The van der Waals surface area contributed by atoms with E-state index in [9.17, 15) is 5.11 Å². The van der Waals surface area contributed by atoms with Crippen molar-refractivity contribution < 1.29 is 9.84 Å². The first-order valence-electron chi connectivity index (χ1n) is 6.28. The van der Waals surface area contributed by atoms with Gasteiger partial charge in [0.05, 0.1) is 19.8 Å². The Bertz CT molecular complexity index is 414. The van der Waals surface area contributed by atoms with Crippen LogP contribution in [0.2, 0.25) is 5.02 Å². The zero-order chi connectivity index (χ0) is 13.2. The second-order valence-corrected chi connectivity index (χ2v) is 5.74. The highest BCUT2D eigenvalue weighted by Crippen LogP contribution is 2.34. The number of rotatable bonds is 3. The van der Waals surface area contributed by atoms with Crippen LogP contribution < -0.4 is 4.90 Å². The van der Waals surface area contributed by atoms with Gasteiger partial charge in [0.1, 0.15) is 0 Å². The summed E-state index contributed by atoms with van der Waals surface area (Å²) < 4.78 is 5.38. The fourth-order valence-electron chi connectivity index (χ4n) is 2.22. The number of anilines is 1. The number of nitrogens with zero attached hydrogens (tertiary/aromatic N) is 1. The van der Waals surface area contributed by atoms with E-state index < -0.39 is 0 Å². The molecule has 1 aliphatic heterocycles. The number of morpholine rings is 1. The van der Waals surface area contributed by atoms with E-state index in [4.69, 9.17) is 16.3 Å². The molecule has 0 atom stereocenters. The van der Waals surface area contributed by atoms with Gasteiger partial charge in [-0.05, 0) is 23.8 Å². The maximum Gasteiger partial charge on any atom is 0.0642 e. The monoisotopic (exact) mass is 269 g/mol. The average molecular weight is 270 g/mol. The van der Waals surface area contributed by atoms with Crippen molar-refractivity contribution in [3.05, 3.63) is 28.8 Å². The topological polar surface area (TPSA) is 32.7 Å². The Hall–Kier alpha value is -0.770. The van der Waals surface area contributed by atoms with E-state index in [2.05, 4.69) is 4.90 Å². The predicted molar refractivity (Wildman–Crippen MR) is 74.6 cm³/mol. The first-order chi connectivity index (χ1) is 8.54. The molecule has 1 fully saturated rings. The van der Waals surface area contributed by atoms with E-state index in [0.717, 1.165) is 37.6 Å². The van der Waals surface area contributed by atoms with E-state index in [1.807, 2.05) is 32.0 Å². The normalized spacial score (nSPS) is 17.0. The van der Waals surface area contributed by atoms with Gasteiger partial charge in [-0.1, -0.05) is 25.4 Å². The fourth-order valence-corrected chi connectivity index (χ4v) is 2.39. The molecule has 0 saturated carbocycles.